The number of nitro benzene ring substituents is 1. The summed E-state index contributed by atoms with van der Waals surface area (Å²) in [6, 6.07) is 9.69. The molecule has 0 atom stereocenters. The zero-order valence-electron chi connectivity index (χ0n) is 15.3. The van der Waals surface area contributed by atoms with E-state index in [-0.39, 0.29) is 16.6 Å². The van der Waals surface area contributed by atoms with Gasteiger partial charge in [-0.2, -0.15) is 0 Å². The molecule has 0 amide bonds. The molecule has 0 fully saturated rings. The van der Waals surface area contributed by atoms with E-state index in [1.807, 2.05) is 18.2 Å². The molecule has 142 valence electrons. The molecule has 0 aliphatic carbocycles. The van der Waals surface area contributed by atoms with E-state index >= 15 is 0 Å². The highest BCUT2D eigenvalue weighted by molar-refractivity contribution is 5.86. The van der Waals surface area contributed by atoms with E-state index in [1.54, 1.807) is 24.9 Å². The van der Waals surface area contributed by atoms with Crippen molar-refractivity contribution in [3.63, 3.8) is 0 Å². The van der Waals surface area contributed by atoms with Crippen molar-refractivity contribution in [2.45, 2.75) is 13.0 Å². The quantitative estimate of drug-likeness (QED) is 0.510. The predicted molar refractivity (Wildman–Crippen MR) is 105 cm³/mol. The second kappa shape index (κ2) is 6.80. The van der Waals surface area contributed by atoms with Gasteiger partial charge in [0, 0.05) is 24.7 Å². The van der Waals surface area contributed by atoms with Crippen LogP contribution < -0.4 is 15.0 Å². The molecule has 0 spiro atoms. The molecule has 28 heavy (non-hydrogen) atoms. The van der Waals surface area contributed by atoms with Crippen LogP contribution in [0.2, 0.25) is 0 Å². The molecule has 0 bridgehead atoms. The number of fused-ring (bicyclic) bond motifs is 2. The maximum absolute atomic E-state index is 12.8. The fraction of sp³-hybridized carbons (Fsp3) is 0.200. The first-order chi connectivity index (χ1) is 13.5. The molecule has 0 saturated carbocycles. The molecule has 0 radical (unpaired) electrons. The van der Waals surface area contributed by atoms with Crippen LogP contribution in [0.15, 0.2) is 41.2 Å². The first-order valence-corrected chi connectivity index (χ1v) is 8.63. The Balaban J connectivity index is 1.84. The van der Waals surface area contributed by atoms with Crippen molar-refractivity contribution in [2.24, 2.45) is 0 Å². The molecular weight excluding hydrogens is 362 g/mol. The number of nitro groups is 1. The van der Waals surface area contributed by atoms with E-state index in [0.29, 0.717) is 35.8 Å². The monoisotopic (exact) mass is 379 g/mol. The van der Waals surface area contributed by atoms with Crippen LogP contribution in [0, 0.1) is 10.1 Å². The molecular formula is C20H17N3O5. The Morgan fingerprint density at radius 3 is 2.50 bits per heavy atom. The number of hydrogen-bond acceptors (Lipinski definition) is 6. The summed E-state index contributed by atoms with van der Waals surface area (Å²) >= 11 is 0. The number of nitrogens with zero attached hydrogens (tertiary/aromatic N) is 3. The first kappa shape index (κ1) is 17.7. The number of aromatic nitrogens is 2. The average Bonchev–Trinajstić information content (AvgIpc) is 3.10. The van der Waals surface area contributed by atoms with Gasteiger partial charge in [0.05, 0.1) is 30.0 Å². The van der Waals surface area contributed by atoms with Crippen molar-refractivity contribution in [3.8, 4) is 11.5 Å². The van der Waals surface area contributed by atoms with Crippen LogP contribution in [0.5, 0.6) is 11.5 Å². The van der Waals surface area contributed by atoms with Gasteiger partial charge in [-0.15, -0.1) is 0 Å². The van der Waals surface area contributed by atoms with Gasteiger partial charge in [0.15, 0.2) is 0 Å². The Labute approximate surface area is 159 Å². The second-order valence-electron chi connectivity index (χ2n) is 6.42. The van der Waals surface area contributed by atoms with Gasteiger partial charge < -0.3 is 9.47 Å². The second-order valence-corrected chi connectivity index (χ2v) is 6.42. The number of benzene rings is 2. The minimum Gasteiger partial charge on any atom is -0.497 e. The van der Waals surface area contributed by atoms with Crippen molar-refractivity contribution in [1.82, 2.24) is 9.55 Å². The molecule has 0 N–H and O–H groups in total. The van der Waals surface area contributed by atoms with Crippen molar-refractivity contribution in [2.75, 3.05) is 14.2 Å². The van der Waals surface area contributed by atoms with Gasteiger partial charge in [-0.25, -0.2) is 4.98 Å². The van der Waals surface area contributed by atoms with Crippen molar-refractivity contribution >= 4 is 28.2 Å². The third kappa shape index (κ3) is 2.98. The number of rotatable bonds is 4. The van der Waals surface area contributed by atoms with Gasteiger partial charge in [0.2, 0.25) is 0 Å². The molecule has 0 saturated heterocycles. The molecule has 8 nitrogen and oxygen atoms in total. The Hall–Kier alpha value is -3.68. The highest BCUT2D eigenvalue weighted by Crippen LogP contribution is 2.30. The van der Waals surface area contributed by atoms with Gasteiger partial charge in [-0.1, -0.05) is 0 Å². The van der Waals surface area contributed by atoms with Crippen LogP contribution in [-0.2, 0) is 6.54 Å². The topological polar surface area (TPSA) is 96.5 Å². The van der Waals surface area contributed by atoms with Crippen LogP contribution in [0.1, 0.15) is 17.8 Å². The number of hydrogen-bond donors (Lipinski definition) is 0. The summed E-state index contributed by atoms with van der Waals surface area (Å²) in [5, 5.41) is 11.2. The molecule has 8 heteroatoms. The Kier molecular flexibility index (Phi) is 4.31. The lowest BCUT2D eigenvalue weighted by Crippen LogP contribution is -2.20. The van der Waals surface area contributed by atoms with E-state index in [1.165, 1.54) is 18.2 Å². The summed E-state index contributed by atoms with van der Waals surface area (Å²) in [5.41, 5.74) is 1.84. The lowest BCUT2D eigenvalue weighted by Gasteiger charge is -2.08. The summed E-state index contributed by atoms with van der Waals surface area (Å²) in [7, 11) is 3.17. The summed E-state index contributed by atoms with van der Waals surface area (Å²) in [6.45, 7) is 0.479. The Morgan fingerprint density at radius 1 is 1.14 bits per heavy atom. The molecule has 3 aromatic rings. The lowest BCUT2D eigenvalue weighted by atomic mass is 10.1. The molecule has 1 aromatic heterocycles. The normalized spacial score (nSPS) is 14.3. The molecule has 0 unspecified atom stereocenters. The number of methoxy groups -OCH3 is 2. The summed E-state index contributed by atoms with van der Waals surface area (Å²) in [4.78, 5) is 27.9. The van der Waals surface area contributed by atoms with E-state index in [2.05, 4.69) is 4.98 Å². The van der Waals surface area contributed by atoms with Gasteiger partial charge in [0.25, 0.3) is 11.2 Å². The van der Waals surface area contributed by atoms with E-state index in [0.717, 1.165) is 11.1 Å². The summed E-state index contributed by atoms with van der Waals surface area (Å²) in [6.07, 6.45) is 2.59. The van der Waals surface area contributed by atoms with Gasteiger partial charge in [-0.05, 0) is 41.8 Å². The van der Waals surface area contributed by atoms with Gasteiger partial charge in [0.1, 0.15) is 17.3 Å². The maximum atomic E-state index is 12.8. The molecule has 2 aromatic carbocycles. The van der Waals surface area contributed by atoms with Crippen LogP contribution in [0.4, 0.5) is 5.69 Å². The molecule has 1 aliphatic rings. The van der Waals surface area contributed by atoms with Crippen LogP contribution in [0.3, 0.4) is 0 Å². The van der Waals surface area contributed by atoms with Gasteiger partial charge in [-0.3, -0.25) is 19.5 Å². The van der Waals surface area contributed by atoms with Crippen LogP contribution >= 0.6 is 0 Å². The van der Waals surface area contributed by atoms with Crippen LogP contribution in [0.25, 0.3) is 22.6 Å². The fourth-order valence-electron chi connectivity index (χ4n) is 3.37. The number of non-ortho nitro benzene ring substituents is 1. The number of allylic oxidation sites excluding steroid dienone is 1. The minimum atomic E-state index is -0.516. The zero-order chi connectivity index (χ0) is 19.8. The van der Waals surface area contributed by atoms with E-state index in [9.17, 15) is 14.9 Å². The molecule has 2 heterocycles. The minimum absolute atomic E-state index is 0.121. The Bertz CT molecular complexity index is 1170. The van der Waals surface area contributed by atoms with E-state index < -0.39 is 4.92 Å². The largest absolute Gasteiger partial charge is 0.497 e. The van der Waals surface area contributed by atoms with Crippen molar-refractivity contribution < 1.29 is 14.4 Å². The highest BCUT2D eigenvalue weighted by Gasteiger charge is 2.22. The van der Waals surface area contributed by atoms with Crippen molar-refractivity contribution in [3.05, 3.63) is 68.3 Å². The molecule has 4 rings (SSSR count). The number of ether oxygens (including phenoxy) is 2. The van der Waals surface area contributed by atoms with Gasteiger partial charge >= 0.3 is 0 Å². The summed E-state index contributed by atoms with van der Waals surface area (Å²) < 4.78 is 12.2. The smallest absolute Gasteiger partial charge is 0.270 e. The maximum Gasteiger partial charge on any atom is 0.270 e. The first-order valence-electron chi connectivity index (χ1n) is 8.63. The SMILES string of the molecule is COc1cc(/C=C2\CCn3c2nc2ccc([N+](=O)[O-])cc2c3=O)cc(OC)c1. The standard InChI is InChI=1S/C20H17N3O5/c1-27-15-8-12(9-16(11-15)28-2)7-13-5-6-22-19(13)21-18-4-3-14(23(25)26)10-17(18)20(22)24/h3-4,7-11H,5-6H2,1-2H3/b13-7+. The fourth-order valence-corrected chi connectivity index (χ4v) is 3.37. The molecule has 1 aliphatic heterocycles. The van der Waals surface area contributed by atoms with Crippen molar-refractivity contribution in [1.29, 1.82) is 0 Å². The zero-order valence-corrected chi connectivity index (χ0v) is 15.3. The summed E-state index contributed by atoms with van der Waals surface area (Å²) in [5.74, 6) is 1.91. The third-order valence-electron chi connectivity index (χ3n) is 4.76. The average molecular weight is 379 g/mol. The van der Waals surface area contributed by atoms with E-state index in [4.69, 9.17) is 9.47 Å². The lowest BCUT2D eigenvalue weighted by molar-refractivity contribution is -0.384. The predicted octanol–water partition coefficient (Wildman–Crippen LogP) is 3.27. The Morgan fingerprint density at radius 2 is 1.86 bits per heavy atom. The van der Waals surface area contributed by atoms with Crippen LogP contribution in [-0.4, -0.2) is 28.7 Å². The third-order valence-corrected chi connectivity index (χ3v) is 4.76. The highest BCUT2D eigenvalue weighted by atomic mass is 16.6.